The molecule has 0 saturated heterocycles. The van der Waals surface area contributed by atoms with Crippen LogP contribution in [0.5, 0.6) is 0 Å². The zero-order chi connectivity index (χ0) is 14.4. The first kappa shape index (κ1) is 12.4. The van der Waals surface area contributed by atoms with Crippen LogP contribution in [0.15, 0.2) is 54.6 Å². The van der Waals surface area contributed by atoms with Crippen molar-refractivity contribution in [2.24, 2.45) is 5.92 Å². The fourth-order valence-electron chi connectivity index (χ4n) is 3.33. The van der Waals surface area contributed by atoms with Gasteiger partial charge < -0.3 is 4.98 Å². The molecule has 0 radical (unpaired) electrons. The molecule has 4 rings (SSSR count). The number of carbonyl (C=O) groups is 1. The van der Waals surface area contributed by atoms with Crippen molar-refractivity contribution in [3.05, 3.63) is 71.4 Å². The monoisotopic (exact) mass is 275 g/mol. The van der Waals surface area contributed by atoms with Crippen LogP contribution < -0.4 is 0 Å². The molecule has 21 heavy (non-hydrogen) atoms. The number of para-hydroxylation sites is 1. The normalized spacial score (nSPS) is 20.6. The third-order valence-corrected chi connectivity index (χ3v) is 4.49. The van der Waals surface area contributed by atoms with E-state index < -0.39 is 0 Å². The Morgan fingerprint density at radius 3 is 2.57 bits per heavy atom. The number of aromatic amines is 1. The van der Waals surface area contributed by atoms with E-state index in [0.29, 0.717) is 11.7 Å². The van der Waals surface area contributed by atoms with Crippen LogP contribution in [-0.2, 0) is 0 Å². The molecule has 1 aromatic heterocycles. The van der Waals surface area contributed by atoms with Gasteiger partial charge in [0, 0.05) is 28.1 Å². The van der Waals surface area contributed by atoms with E-state index in [0.717, 1.165) is 28.6 Å². The van der Waals surface area contributed by atoms with Crippen LogP contribution >= 0.6 is 0 Å². The number of fused-ring (bicyclic) bond motifs is 1. The largest absolute Gasteiger partial charge is 0.358 e. The topological polar surface area (TPSA) is 32.9 Å². The summed E-state index contributed by atoms with van der Waals surface area (Å²) in [4.78, 5) is 16.2. The number of rotatable bonds is 3. The number of H-pyrrole nitrogens is 1. The average molecular weight is 275 g/mol. The van der Waals surface area contributed by atoms with Gasteiger partial charge in [-0.15, -0.1) is 0 Å². The zero-order valence-corrected chi connectivity index (χ0v) is 12.0. The van der Waals surface area contributed by atoms with Gasteiger partial charge in [-0.3, -0.25) is 4.79 Å². The molecule has 2 aromatic carbocycles. The molecule has 1 N–H and O–H groups in total. The maximum atomic E-state index is 12.9. The van der Waals surface area contributed by atoms with Crippen molar-refractivity contribution in [2.75, 3.05) is 0 Å². The summed E-state index contributed by atoms with van der Waals surface area (Å²) in [5.74, 6) is 0.830. The highest BCUT2D eigenvalue weighted by Crippen LogP contribution is 2.49. The maximum Gasteiger partial charge on any atom is 0.168 e. The minimum atomic E-state index is 0.144. The summed E-state index contributed by atoms with van der Waals surface area (Å²) in [5.41, 5.74) is 4.21. The van der Waals surface area contributed by atoms with Gasteiger partial charge in [-0.1, -0.05) is 48.5 Å². The summed E-state index contributed by atoms with van der Waals surface area (Å²) in [6, 6.07) is 18.4. The first-order valence-electron chi connectivity index (χ1n) is 7.42. The highest BCUT2D eigenvalue weighted by Gasteiger charge is 2.44. The molecule has 2 unspecified atom stereocenters. The van der Waals surface area contributed by atoms with Crippen LogP contribution in [-0.4, -0.2) is 10.8 Å². The first-order chi connectivity index (χ1) is 10.3. The molecular formula is C19H17NO. The van der Waals surface area contributed by atoms with E-state index in [1.807, 2.05) is 49.4 Å². The van der Waals surface area contributed by atoms with Gasteiger partial charge in [-0.2, -0.15) is 0 Å². The molecule has 1 saturated carbocycles. The van der Waals surface area contributed by atoms with Gasteiger partial charge in [0.1, 0.15) is 0 Å². The summed E-state index contributed by atoms with van der Waals surface area (Å²) < 4.78 is 0. The van der Waals surface area contributed by atoms with Gasteiger partial charge in [0.2, 0.25) is 0 Å². The molecular weight excluding hydrogens is 258 g/mol. The third kappa shape index (κ3) is 1.99. The lowest BCUT2D eigenvalue weighted by Gasteiger charge is -2.02. The maximum absolute atomic E-state index is 12.9. The fourth-order valence-corrected chi connectivity index (χ4v) is 3.33. The van der Waals surface area contributed by atoms with Crippen LogP contribution in [0.1, 0.15) is 34.0 Å². The predicted octanol–water partition coefficient (Wildman–Crippen LogP) is 4.46. The highest BCUT2D eigenvalue weighted by molar-refractivity contribution is 6.11. The van der Waals surface area contributed by atoms with E-state index >= 15 is 0 Å². The van der Waals surface area contributed by atoms with Crippen molar-refractivity contribution in [1.29, 1.82) is 0 Å². The molecule has 2 heteroatoms. The van der Waals surface area contributed by atoms with E-state index in [2.05, 4.69) is 17.1 Å². The van der Waals surface area contributed by atoms with E-state index in [1.165, 1.54) is 5.56 Å². The number of aromatic nitrogens is 1. The molecule has 1 aliphatic carbocycles. The van der Waals surface area contributed by atoms with Crippen molar-refractivity contribution in [3.8, 4) is 0 Å². The SMILES string of the molecule is Cc1[nH]c2ccccc2c1C(=O)C1CC1c1ccccc1. The molecule has 104 valence electrons. The van der Waals surface area contributed by atoms with Crippen LogP contribution in [0.2, 0.25) is 0 Å². The number of benzene rings is 2. The highest BCUT2D eigenvalue weighted by atomic mass is 16.1. The Morgan fingerprint density at radius 1 is 1.05 bits per heavy atom. The fraction of sp³-hybridized carbons (Fsp3) is 0.211. The molecule has 2 atom stereocenters. The number of ketones is 1. The molecule has 0 bridgehead atoms. The quantitative estimate of drug-likeness (QED) is 0.703. The lowest BCUT2D eigenvalue weighted by Crippen LogP contribution is -2.04. The second kappa shape index (κ2) is 4.59. The summed E-state index contributed by atoms with van der Waals surface area (Å²) in [6.07, 6.45) is 0.974. The Labute approximate surface area is 123 Å². The number of hydrogen-bond donors (Lipinski definition) is 1. The van der Waals surface area contributed by atoms with Crippen molar-refractivity contribution in [3.63, 3.8) is 0 Å². The standard InChI is InChI=1S/C19H17NO/c1-12-18(14-9-5-6-10-17(14)20-12)19(21)16-11-15(16)13-7-3-2-4-8-13/h2-10,15-16,20H,11H2,1H3. The molecule has 0 aliphatic heterocycles. The Kier molecular flexibility index (Phi) is 2.71. The van der Waals surface area contributed by atoms with Crippen LogP contribution in [0.25, 0.3) is 10.9 Å². The Balaban J connectivity index is 1.68. The van der Waals surface area contributed by atoms with E-state index in [4.69, 9.17) is 0 Å². The van der Waals surface area contributed by atoms with Crippen LogP contribution in [0.4, 0.5) is 0 Å². The van der Waals surface area contributed by atoms with Gasteiger partial charge in [0.15, 0.2) is 5.78 Å². The number of carbonyl (C=O) groups excluding carboxylic acids is 1. The van der Waals surface area contributed by atoms with Crippen molar-refractivity contribution in [1.82, 2.24) is 4.98 Å². The van der Waals surface area contributed by atoms with Crippen molar-refractivity contribution < 1.29 is 4.79 Å². The lowest BCUT2D eigenvalue weighted by atomic mass is 10.0. The van der Waals surface area contributed by atoms with Gasteiger partial charge in [-0.05, 0) is 30.9 Å². The summed E-state index contributed by atoms with van der Waals surface area (Å²) in [6.45, 7) is 1.99. The Morgan fingerprint density at radius 2 is 1.76 bits per heavy atom. The molecule has 1 aliphatic rings. The number of hydrogen-bond acceptors (Lipinski definition) is 1. The van der Waals surface area contributed by atoms with Gasteiger partial charge >= 0.3 is 0 Å². The number of aryl methyl sites for hydroxylation is 1. The predicted molar refractivity (Wildman–Crippen MR) is 84.7 cm³/mol. The second-order valence-electron chi connectivity index (χ2n) is 5.89. The second-order valence-corrected chi connectivity index (χ2v) is 5.89. The minimum Gasteiger partial charge on any atom is -0.358 e. The number of nitrogens with one attached hydrogen (secondary N) is 1. The zero-order valence-electron chi connectivity index (χ0n) is 12.0. The summed E-state index contributed by atoms with van der Waals surface area (Å²) in [5, 5.41) is 1.05. The van der Waals surface area contributed by atoms with E-state index in [-0.39, 0.29) is 5.92 Å². The number of Topliss-reactive ketones (excluding diaryl/α,β-unsaturated/α-hetero) is 1. The minimum absolute atomic E-state index is 0.144. The van der Waals surface area contributed by atoms with Gasteiger partial charge in [0.25, 0.3) is 0 Å². The Hall–Kier alpha value is -2.35. The molecule has 0 spiro atoms. The Bertz CT molecular complexity index is 816. The van der Waals surface area contributed by atoms with Gasteiger partial charge in [-0.25, -0.2) is 0 Å². The molecule has 1 fully saturated rings. The third-order valence-electron chi connectivity index (χ3n) is 4.49. The molecule has 1 heterocycles. The van der Waals surface area contributed by atoms with Crippen molar-refractivity contribution in [2.45, 2.75) is 19.3 Å². The van der Waals surface area contributed by atoms with Crippen LogP contribution in [0.3, 0.4) is 0 Å². The first-order valence-corrected chi connectivity index (χ1v) is 7.42. The summed E-state index contributed by atoms with van der Waals surface area (Å²) >= 11 is 0. The smallest absolute Gasteiger partial charge is 0.168 e. The molecule has 3 aromatic rings. The molecule has 0 amide bonds. The van der Waals surface area contributed by atoms with Gasteiger partial charge in [0.05, 0.1) is 0 Å². The lowest BCUT2D eigenvalue weighted by molar-refractivity contribution is 0.0966. The molecule has 2 nitrogen and oxygen atoms in total. The van der Waals surface area contributed by atoms with E-state index in [1.54, 1.807) is 0 Å². The van der Waals surface area contributed by atoms with Crippen molar-refractivity contribution >= 4 is 16.7 Å². The summed E-state index contributed by atoms with van der Waals surface area (Å²) in [7, 11) is 0. The van der Waals surface area contributed by atoms with Crippen LogP contribution in [0, 0.1) is 12.8 Å². The average Bonchev–Trinajstić information content (AvgIpc) is 3.24. The van der Waals surface area contributed by atoms with E-state index in [9.17, 15) is 4.79 Å².